The number of hydrogen-bond donors (Lipinski definition) is 0. The first kappa shape index (κ1) is 21.7. The largest absolute Gasteiger partial charge is 0.319 e. The molecule has 0 N–H and O–H groups in total. The van der Waals surface area contributed by atoms with E-state index >= 15 is 0 Å². The molecule has 4 rings (SSSR count). The van der Waals surface area contributed by atoms with Crippen molar-refractivity contribution in [3.8, 4) is 0 Å². The number of hydrogen-bond acceptors (Lipinski definition) is 5. The van der Waals surface area contributed by atoms with Gasteiger partial charge in [-0.05, 0) is 43.0 Å². The topological polar surface area (TPSA) is 71.7 Å². The Morgan fingerprint density at radius 1 is 1.20 bits per heavy atom. The Morgan fingerprint density at radius 3 is 2.57 bits per heavy atom. The van der Waals surface area contributed by atoms with E-state index in [0.29, 0.717) is 35.1 Å². The predicted molar refractivity (Wildman–Crippen MR) is 122 cm³/mol. The fraction of sp³-hybridized carbons (Fsp3) is 0.400. The molecule has 3 heterocycles. The van der Waals surface area contributed by atoms with Gasteiger partial charge in [0.25, 0.3) is 15.9 Å². The summed E-state index contributed by atoms with van der Waals surface area (Å²) < 4.78 is 30.7. The lowest BCUT2D eigenvalue weighted by molar-refractivity contribution is -0.122. The number of sulfonamides is 1. The summed E-state index contributed by atoms with van der Waals surface area (Å²) in [6.45, 7) is 2.73. The molecule has 1 aliphatic rings. The molecule has 0 bridgehead atoms. The van der Waals surface area contributed by atoms with Crippen molar-refractivity contribution in [2.24, 2.45) is 18.0 Å². The molecule has 0 spiro atoms. The van der Waals surface area contributed by atoms with Gasteiger partial charge in [-0.1, -0.05) is 42.0 Å². The van der Waals surface area contributed by atoms with E-state index in [2.05, 4.69) is 18.0 Å². The minimum Gasteiger partial charge on any atom is -0.319 e. The van der Waals surface area contributed by atoms with Crippen LogP contribution < -0.4 is 4.80 Å². The van der Waals surface area contributed by atoms with Crippen molar-refractivity contribution in [2.75, 3.05) is 13.1 Å². The molecule has 3 aromatic rings. The lowest BCUT2D eigenvalue weighted by Gasteiger charge is -2.29. The monoisotopic (exact) mass is 483 g/mol. The zero-order valence-corrected chi connectivity index (χ0v) is 19.9. The maximum Gasteiger partial charge on any atom is 0.252 e. The molecule has 1 aromatic carbocycles. The van der Waals surface area contributed by atoms with Gasteiger partial charge in [0.15, 0.2) is 4.80 Å². The SMILES string of the molecule is CCc1cccc2sc(=NC(=O)C3CCN(S(=O)(=O)c4ccc(Cl)s4)CC3)n(C)c12. The number of thiophene rings is 1. The van der Waals surface area contributed by atoms with E-state index in [1.54, 1.807) is 6.07 Å². The summed E-state index contributed by atoms with van der Waals surface area (Å²) in [4.78, 5) is 17.9. The van der Waals surface area contributed by atoms with Crippen LogP contribution in [0.2, 0.25) is 4.34 Å². The number of fused-ring (bicyclic) bond motifs is 1. The van der Waals surface area contributed by atoms with Gasteiger partial charge in [-0.2, -0.15) is 9.30 Å². The number of benzene rings is 1. The minimum absolute atomic E-state index is 0.175. The molecule has 1 amide bonds. The van der Waals surface area contributed by atoms with Crippen molar-refractivity contribution >= 4 is 60.4 Å². The summed E-state index contributed by atoms with van der Waals surface area (Å²) in [5.74, 6) is -0.439. The smallest absolute Gasteiger partial charge is 0.252 e. The fourth-order valence-corrected chi connectivity index (χ4v) is 7.95. The second-order valence-corrected chi connectivity index (χ2v) is 12.1. The van der Waals surface area contributed by atoms with Gasteiger partial charge in [0.2, 0.25) is 0 Å². The number of piperidine rings is 1. The maximum atomic E-state index is 12.8. The van der Waals surface area contributed by atoms with E-state index in [1.807, 2.05) is 23.7 Å². The third-order valence-electron chi connectivity index (χ3n) is 5.44. The molecule has 0 atom stereocenters. The van der Waals surface area contributed by atoms with Crippen LogP contribution in [0.25, 0.3) is 10.2 Å². The number of para-hydroxylation sites is 1. The average molecular weight is 484 g/mol. The Bertz CT molecular complexity index is 1270. The van der Waals surface area contributed by atoms with E-state index in [9.17, 15) is 13.2 Å². The summed E-state index contributed by atoms with van der Waals surface area (Å²) in [6.07, 6.45) is 1.85. The second kappa shape index (κ2) is 8.55. The normalized spacial score (nSPS) is 17.1. The van der Waals surface area contributed by atoms with Crippen molar-refractivity contribution < 1.29 is 13.2 Å². The first-order chi connectivity index (χ1) is 14.3. The fourth-order valence-electron chi connectivity index (χ4n) is 3.77. The molecule has 0 radical (unpaired) electrons. The van der Waals surface area contributed by atoms with Gasteiger partial charge in [-0.3, -0.25) is 4.79 Å². The van der Waals surface area contributed by atoms with E-state index in [1.165, 1.54) is 27.3 Å². The van der Waals surface area contributed by atoms with E-state index < -0.39 is 10.0 Å². The molecule has 1 aliphatic heterocycles. The van der Waals surface area contributed by atoms with Crippen LogP contribution >= 0.6 is 34.3 Å². The quantitative estimate of drug-likeness (QED) is 0.562. The third kappa shape index (κ3) is 4.01. The van der Waals surface area contributed by atoms with Crippen LogP contribution in [0.3, 0.4) is 0 Å². The van der Waals surface area contributed by atoms with Crippen LogP contribution in [0.5, 0.6) is 0 Å². The molecule has 6 nitrogen and oxygen atoms in total. The number of rotatable bonds is 4. The Hall–Kier alpha value is -1.52. The van der Waals surface area contributed by atoms with Crippen LogP contribution in [0.4, 0.5) is 0 Å². The van der Waals surface area contributed by atoms with Gasteiger partial charge in [-0.25, -0.2) is 8.42 Å². The summed E-state index contributed by atoms with van der Waals surface area (Å²) in [6, 6.07) is 9.28. The summed E-state index contributed by atoms with van der Waals surface area (Å²) >= 11 is 8.45. The van der Waals surface area contributed by atoms with Crippen molar-refractivity contribution in [1.29, 1.82) is 0 Å². The molecule has 1 saturated heterocycles. The molecular weight excluding hydrogens is 462 g/mol. The number of amides is 1. The number of halogens is 1. The Morgan fingerprint density at radius 2 is 1.93 bits per heavy atom. The van der Waals surface area contributed by atoms with Gasteiger partial charge in [0.05, 0.1) is 14.6 Å². The van der Waals surface area contributed by atoms with Crippen LogP contribution in [-0.4, -0.2) is 36.3 Å². The standard InChI is InChI=1S/C20H22ClN3O3S3/c1-3-13-5-4-6-15-18(13)23(2)20(28-15)22-19(25)14-9-11-24(12-10-14)30(26,27)17-8-7-16(21)29-17/h4-8,14H,3,9-12H2,1-2H3. The van der Waals surface area contributed by atoms with Gasteiger partial charge in [0.1, 0.15) is 4.21 Å². The van der Waals surface area contributed by atoms with Crippen molar-refractivity contribution in [3.05, 3.63) is 45.0 Å². The minimum atomic E-state index is -3.56. The summed E-state index contributed by atoms with van der Waals surface area (Å²) in [5, 5.41) is 0. The van der Waals surface area contributed by atoms with Crippen molar-refractivity contribution in [3.63, 3.8) is 0 Å². The molecule has 0 aliphatic carbocycles. The second-order valence-electron chi connectivity index (χ2n) is 7.25. The van der Waals surface area contributed by atoms with E-state index in [-0.39, 0.29) is 16.0 Å². The lowest BCUT2D eigenvalue weighted by Crippen LogP contribution is -2.40. The highest BCUT2D eigenvalue weighted by Crippen LogP contribution is 2.31. The molecule has 30 heavy (non-hydrogen) atoms. The molecule has 0 unspecified atom stereocenters. The average Bonchev–Trinajstić information content (AvgIpc) is 3.32. The van der Waals surface area contributed by atoms with Crippen molar-refractivity contribution in [2.45, 2.75) is 30.4 Å². The first-order valence-electron chi connectivity index (χ1n) is 9.72. The number of carbonyl (C=O) groups is 1. The third-order valence-corrected chi connectivity index (χ3v) is 10.1. The Balaban J connectivity index is 1.51. The first-order valence-corrected chi connectivity index (χ1v) is 13.2. The van der Waals surface area contributed by atoms with Gasteiger partial charge in [-0.15, -0.1) is 11.3 Å². The summed E-state index contributed by atoms with van der Waals surface area (Å²) in [5.41, 5.74) is 2.35. The van der Waals surface area contributed by atoms with Crippen LogP contribution in [-0.2, 0) is 28.3 Å². The molecule has 10 heteroatoms. The lowest BCUT2D eigenvalue weighted by atomic mass is 9.98. The number of aryl methyl sites for hydroxylation is 2. The number of aromatic nitrogens is 1. The highest BCUT2D eigenvalue weighted by atomic mass is 35.5. The van der Waals surface area contributed by atoms with E-state index in [0.717, 1.165) is 28.0 Å². The van der Waals surface area contributed by atoms with Gasteiger partial charge < -0.3 is 4.57 Å². The van der Waals surface area contributed by atoms with Crippen LogP contribution in [0.15, 0.2) is 39.5 Å². The predicted octanol–water partition coefficient (Wildman–Crippen LogP) is 4.05. The molecular formula is C20H22ClN3O3S3. The number of carbonyl (C=O) groups excluding carboxylic acids is 1. The van der Waals surface area contributed by atoms with Crippen molar-refractivity contribution in [1.82, 2.24) is 8.87 Å². The van der Waals surface area contributed by atoms with Crippen LogP contribution in [0, 0.1) is 5.92 Å². The maximum absolute atomic E-state index is 12.8. The summed E-state index contributed by atoms with van der Waals surface area (Å²) in [7, 11) is -1.62. The Kier molecular flexibility index (Phi) is 6.18. The zero-order chi connectivity index (χ0) is 21.5. The number of nitrogens with zero attached hydrogens (tertiary/aromatic N) is 3. The van der Waals surface area contributed by atoms with Gasteiger partial charge >= 0.3 is 0 Å². The number of thiazole rings is 1. The molecule has 160 valence electrons. The van der Waals surface area contributed by atoms with E-state index in [4.69, 9.17) is 11.6 Å². The molecule has 0 saturated carbocycles. The highest BCUT2D eigenvalue weighted by molar-refractivity contribution is 7.91. The highest BCUT2D eigenvalue weighted by Gasteiger charge is 2.33. The molecule has 1 fully saturated rings. The van der Waals surface area contributed by atoms with Crippen LogP contribution in [0.1, 0.15) is 25.3 Å². The molecule has 2 aromatic heterocycles. The van der Waals surface area contributed by atoms with Gasteiger partial charge in [0, 0.05) is 26.1 Å². The Labute approximate surface area is 188 Å². The zero-order valence-electron chi connectivity index (χ0n) is 16.7.